The molecule has 0 atom stereocenters. The lowest BCUT2D eigenvalue weighted by molar-refractivity contribution is 0.421. The van der Waals surface area contributed by atoms with Crippen LogP contribution < -0.4 is 0 Å². The van der Waals surface area contributed by atoms with Gasteiger partial charge >= 0.3 is 0 Å². The van der Waals surface area contributed by atoms with E-state index in [4.69, 9.17) is 4.52 Å². The van der Waals surface area contributed by atoms with E-state index in [1.807, 2.05) is 0 Å². The minimum absolute atomic E-state index is 0.0960. The van der Waals surface area contributed by atoms with Crippen LogP contribution >= 0.6 is 0 Å². The topological polar surface area (TPSA) is 72.0 Å². The van der Waals surface area contributed by atoms with Crippen LogP contribution in [0.25, 0.3) is 11.5 Å². The molecule has 3 rings (SSSR count). The molecular weight excluding hydrogens is 194 g/mol. The van der Waals surface area contributed by atoms with Crippen molar-refractivity contribution in [3.8, 4) is 17.2 Å². The van der Waals surface area contributed by atoms with Crippen molar-refractivity contribution >= 4 is 0 Å². The van der Waals surface area contributed by atoms with E-state index >= 15 is 0 Å². The number of rotatable bonds is 2. The average Bonchev–Trinajstić information content (AvgIpc) is 2.97. The minimum Gasteiger partial charge on any atom is -0.506 e. The van der Waals surface area contributed by atoms with Crippen LogP contribution in [0.15, 0.2) is 23.0 Å². The molecule has 0 spiro atoms. The Morgan fingerprint density at radius 2 is 2.20 bits per heavy atom. The molecule has 1 saturated carbocycles. The van der Waals surface area contributed by atoms with E-state index in [9.17, 15) is 5.11 Å². The van der Waals surface area contributed by atoms with Crippen molar-refractivity contribution in [2.24, 2.45) is 0 Å². The molecule has 15 heavy (non-hydrogen) atoms. The van der Waals surface area contributed by atoms with Gasteiger partial charge in [0.05, 0.1) is 11.8 Å². The molecular formula is C10H9N3O2. The van der Waals surface area contributed by atoms with Gasteiger partial charge in [-0.1, -0.05) is 5.16 Å². The third-order valence-electron chi connectivity index (χ3n) is 2.35. The molecule has 0 bridgehead atoms. The molecule has 5 nitrogen and oxygen atoms in total. The van der Waals surface area contributed by atoms with Gasteiger partial charge in [-0.2, -0.15) is 4.98 Å². The van der Waals surface area contributed by atoms with Gasteiger partial charge in [0.15, 0.2) is 5.82 Å². The maximum absolute atomic E-state index is 9.25. The SMILES string of the molecule is Oc1cncc(-c2nc(C3CC3)no2)c1. The van der Waals surface area contributed by atoms with Crippen LogP contribution in [0, 0.1) is 0 Å². The van der Waals surface area contributed by atoms with Crippen molar-refractivity contribution in [1.82, 2.24) is 15.1 Å². The van der Waals surface area contributed by atoms with Gasteiger partial charge in [0.2, 0.25) is 0 Å². The molecule has 1 aliphatic rings. The Labute approximate surface area is 85.8 Å². The van der Waals surface area contributed by atoms with Gasteiger partial charge in [-0.05, 0) is 18.9 Å². The zero-order valence-electron chi connectivity index (χ0n) is 7.92. The predicted octanol–water partition coefficient (Wildman–Crippen LogP) is 1.71. The van der Waals surface area contributed by atoms with E-state index in [-0.39, 0.29) is 5.75 Å². The number of hydrogen-bond acceptors (Lipinski definition) is 5. The predicted molar refractivity (Wildman–Crippen MR) is 51.2 cm³/mol. The van der Waals surface area contributed by atoms with Crippen LogP contribution in [0.5, 0.6) is 5.75 Å². The third-order valence-corrected chi connectivity index (χ3v) is 2.35. The van der Waals surface area contributed by atoms with E-state index < -0.39 is 0 Å². The molecule has 0 aromatic carbocycles. The fourth-order valence-electron chi connectivity index (χ4n) is 1.40. The van der Waals surface area contributed by atoms with Gasteiger partial charge in [0.25, 0.3) is 5.89 Å². The van der Waals surface area contributed by atoms with E-state index in [1.54, 1.807) is 12.3 Å². The Balaban J connectivity index is 1.97. The van der Waals surface area contributed by atoms with Crippen molar-refractivity contribution < 1.29 is 9.63 Å². The Kier molecular flexibility index (Phi) is 1.71. The highest BCUT2D eigenvalue weighted by Gasteiger charge is 2.28. The summed E-state index contributed by atoms with van der Waals surface area (Å²) in [5.74, 6) is 1.74. The standard InChI is InChI=1S/C10H9N3O2/c14-8-3-7(4-11-5-8)10-12-9(13-15-10)6-1-2-6/h3-6,14H,1-2H2. The lowest BCUT2D eigenvalue weighted by atomic mass is 10.3. The lowest BCUT2D eigenvalue weighted by Gasteiger charge is -1.93. The van der Waals surface area contributed by atoms with E-state index in [0.717, 1.165) is 18.7 Å². The molecule has 2 heterocycles. The molecule has 0 amide bonds. The second-order valence-corrected chi connectivity index (χ2v) is 3.66. The smallest absolute Gasteiger partial charge is 0.259 e. The van der Waals surface area contributed by atoms with Crippen molar-refractivity contribution in [2.45, 2.75) is 18.8 Å². The normalized spacial score (nSPS) is 15.5. The van der Waals surface area contributed by atoms with Gasteiger partial charge in [-0.25, -0.2) is 0 Å². The highest BCUT2D eigenvalue weighted by atomic mass is 16.5. The summed E-state index contributed by atoms with van der Waals surface area (Å²) in [6.45, 7) is 0. The first-order valence-electron chi connectivity index (χ1n) is 4.81. The molecule has 0 radical (unpaired) electrons. The van der Waals surface area contributed by atoms with Crippen molar-refractivity contribution in [1.29, 1.82) is 0 Å². The molecule has 0 aliphatic heterocycles. The summed E-state index contributed by atoms with van der Waals surface area (Å²) >= 11 is 0. The first-order valence-corrected chi connectivity index (χ1v) is 4.81. The van der Waals surface area contributed by atoms with Gasteiger partial charge < -0.3 is 9.63 Å². The second kappa shape index (κ2) is 3.05. The van der Waals surface area contributed by atoms with Gasteiger partial charge in [0, 0.05) is 12.1 Å². The summed E-state index contributed by atoms with van der Waals surface area (Å²) < 4.78 is 5.09. The van der Waals surface area contributed by atoms with Crippen LogP contribution in [0.3, 0.4) is 0 Å². The lowest BCUT2D eigenvalue weighted by Crippen LogP contribution is -1.83. The first-order chi connectivity index (χ1) is 7.33. The molecule has 5 heteroatoms. The Hall–Kier alpha value is -1.91. The van der Waals surface area contributed by atoms with Crippen LogP contribution in [-0.2, 0) is 0 Å². The van der Waals surface area contributed by atoms with E-state index in [2.05, 4.69) is 15.1 Å². The Morgan fingerprint density at radius 1 is 1.33 bits per heavy atom. The van der Waals surface area contributed by atoms with Crippen LogP contribution in [0.4, 0.5) is 0 Å². The molecule has 76 valence electrons. The molecule has 1 N–H and O–H groups in total. The number of hydrogen-bond donors (Lipinski definition) is 1. The molecule has 1 aliphatic carbocycles. The van der Waals surface area contributed by atoms with Crippen LogP contribution in [0.1, 0.15) is 24.6 Å². The van der Waals surface area contributed by atoms with Gasteiger partial charge in [-0.15, -0.1) is 0 Å². The number of aromatic nitrogens is 3. The summed E-state index contributed by atoms with van der Waals surface area (Å²) in [6, 6.07) is 1.55. The molecule has 2 aromatic heterocycles. The molecule has 2 aromatic rings. The van der Waals surface area contributed by atoms with E-state index in [0.29, 0.717) is 17.4 Å². The van der Waals surface area contributed by atoms with Crippen molar-refractivity contribution in [2.75, 3.05) is 0 Å². The Bertz CT molecular complexity index is 491. The quantitative estimate of drug-likeness (QED) is 0.804. The maximum atomic E-state index is 9.25. The van der Waals surface area contributed by atoms with E-state index in [1.165, 1.54) is 6.20 Å². The second-order valence-electron chi connectivity index (χ2n) is 3.66. The molecule has 1 fully saturated rings. The monoisotopic (exact) mass is 203 g/mol. The Morgan fingerprint density at radius 3 is 2.93 bits per heavy atom. The van der Waals surface area contributed by atoms with Crippen LogP contribution in [0.2, 0.25) is 0 Å². The summed E-state index contributed by atoms with van der Waals surface area (Å²) in [5.41, 5.74) is 0.648. The summed E-state index contributed by atoms with van der Waals surface area (Å²) in [7, 11) is 0. The number of nitrogens with zero attached hydrogens (tertiary/aromatic N) is 3. The summed E-state index contributed by atoms with van der Waals surface area (Å²) in [4.78, 5) is 8.11. The summed E-state index contributed by atoms with van der Waals surface area (Å²) in [5, 5.41) is 13.1. The fourth-order valence-corrected chi connectivity index (χ4v) is 1.40. The fraction of sp³-hybridized carbons (Fsp3) is 0.300. The third kappa shape index (κ3) is 1.56. The molecule has 0 unspecified atom stereocenters. The average molecular weight is 203 g/mol. The minimum atomic E-state index is 0.0960. The zero-order chi connectivity index (χ0) is 10.3. The first kappa shape index (κ1) is 8.40. The van der Waals surface area contributed by atoms with Gasteiger partial charge in [-0.3, -0.25) is 4.98 Å². The van der Waals surface area contributed by atoms with Crippen LogP contribution in [-0.4, -0.2) is 20.2 Å². The molecule has 0 saturated heterocycles. The zero-order valence-corrected chi connectivity index (χ0v) is 7.92. The van der Waals surface area contributed by atoms with Gasteiger partial charge in [0.1, 0.15) is 5.75 Å². The number of pyridine rings is 1. The largest absolute Gasteiger partial charge is 0.506 e. The van der Waals surface area contributed by atoms with Crippen molar-refractivity contribution in [3.63, 3.8) is 0 Å². The highest BCUT2D eigenvalue weighted by molar-refractivity contribution is 5.53. The number of aromatic hydroxyl groups is 1. The summed E-state index contributed by atoms with van der Waals surface area (Å²) in [6.07, 6.45) is 5.22. The maximum Gasteiger partial charge on any atom is 0.259 e. The highest BCUT2D eigenvalue weighted by Crippen LogP contribution is 2.38. The van der Waals surface area contributed by atoms with Crippen molar-refractivity contribution in [3.05, 3.63) is 24.3 Å².